The van der Waals surface area contributed by atoms with Crippen LogP contribution in [0.15, 0.2) is 35.5 Å². The molecule has 0 spiro atoms. The van der Waals surface area contributed by atoms with E-state index in [4.69, 9.17) is 14.2 Å². The monoisotopic (exact) mass is 401 g/mol. The summed E-state index contributed by atoms with van der Waals surface area (Å²) in [6.45, 7) is 7.88. The van der Waals surface area contributed by atoms with Crippen LogP contribution >= 0.6 is 0 Å². The molecule has 0 radical (unpaired) electrons. The zero-order valence-corrected chi connectivity index (χ0v) is 18.0. The fourth-order valence-electron chi connectivity index (χ4n) is 2.79. The van der Waals surface area contributed by atoms with Crippen LogP contribution in [0.4, 0.5) is 0 Å². The number of nitrogens with zero attached hydrogens (tertiary/aromatic N) is 3. The van der Waals surface area contributed by atoms with Gasteiger partial charge in [0.2, 0.25) is 5.88 Å². The molecule has 0 saturated heterocycles. The zero-order valence-electron chi connectivity index (χ0n) is 18.0. The van der Waals surface area contributed by atoms with Crippen molar-refractivity contribution in [2.45, 2.75) is 33.6 Å². The van der Waals surface area contributed by atoms with Crippen molar-refractivity contribution < 1.29 is 19.0 Å². The third-order valence-corrected chi connectivity index (χ3v) is 4.20. The molecule has 0 fully saturated rings. The van der Waals surface area contributed by atoms with E-state index >= 15 is 0 Å². The van der Waals surface area contributed by atoms with E-state index in [9.17, 15) is 0 Å². The Morgan fingerprint density at radius 3 is 2.38 bits per heavy atom. The average molecular weight is 402 g/mol. The molecule has 0 aliphatic heterocycles. The van der Waals surface area contributed by atoms with Gasteiger partial charge in [0.1, 0.15) is 30.9 Å². The molecule has 0 aliphatic carbocycles. The van der Waals surface area contributed by atoms with E-state index in [0.717, 1.165) is 35.5 Å². The molecule has 0 saturated carbocycles. The molecule has 7 nitrogen and oxygen atoms in total. The number of benzene rings is 1. The van der Waals surface area contributed by atoms with Crippen LogP contribution in [0.2, 0.25) is 0 Å². The van der Waals surface area contributed by atoms with Gasteiger partial charge in [-0.05, 0) is 56.9 Å². The Morgan fingerprint density at radius 2 is 1.72 bits per heavy atom. The first-order chi connectivity index (χ1) is 14.0. The van der Waals surface area contributed by atoms with Gasteiger partial charge >= 0.3 is 0 Å². The lowest BCUT2D eigenvalue weighted by atomic mass is 10.1. The van der Waals surface area contributed by atoms with Crippen LogP contribution in [0, 0.1) is 13.8 Å². The fourth-order valence-corrected chi connectivity index (χ4v) is 2.79. The Kier molecular flexibility index (Phi) is 9.08. The summed E-state index contributed by atoms with van der Waals surface area (Å²) in [6.07, 6.45) is 7.28. The average Bonchev–Trinajstić information content (AvgIpc) is 3.04. The molecule has 0 N–H and O–H groups in total. The molecule has 0 bridgehead atoms. The number of aryl methyl sites for hydroxylation is 3. The van der Waals surface area contributed by atoms with Gasteiger partial charge in [-0.3, -0.25) is 0 Å². The van der Waals surface area contributed by atoms with Gasteiger partial charge in [0.15, 0.2) is 0 Å². The molecule has 0 amide bonds. The van der Waals surface area contributed by atoms with Crippen LogP contribution in [-0.2, 0) is 11.9 Å². The van der Waals surface area contributed by atoms with Crippen LogP contribution < -0.4 is 14.2 Å². The number of allylic oxidation sites excluding steroid dienone is 1. The van der Waals surface area contributed by atoms with Crippen LogP contribution in [0.3, 0.4) is 0 Å². The van der Waals surface area contributed by atoms with Gasteiger partial charge in [-0.2, -0.15) is 5.10 Å². The van der Waals surface area contributed by atoms with Crippen LogP contribution in [0.5, 0.6) is 17.4 Å². The van der Waals surface area contributed by atoms with Gasteiger partial charge in [-0.25, -0.2) is 4.68 Å². The minimum Gasteiger partial charge on any atom is -0.493 e. The molecule has 0 atom stereocenters. The topological polar surface area (TPSA) is 67.1 Å². The Bertz CT molecular complexity index is 804. The predicted molar refractivity (Wildman–Crippen MR) is 114 cm³/mol. The van der Waals surface area contributed by atoms with Gasteiger partial charge in [-0.15, -0.1) is 0 Å². The molecule has 7 heteroatoms. The Morgan fingerprint density at radius 1 is 1.03 bits per heavy atom. The maximum atomic E-state index is 6.00. The van der Waals surface area contributed by atoms with Gasteiger partial charge in [-0.1, -0.05) is 17.3 Å². The molecule has 2 rings (SSSR count). The molecular formula is C22H31N3O4. The van der Waals surface area contributed by atoms with E-state index in [-0.39, 0.29) is 0 Å². The van der Waals surface area contributed by atoms with Gasteiger partial charge in [0.25, 0.3) is 0 Å². The highest BCUT2D eigenvalue weighted by molar-refractivity contribution is 5.76. The Labute approximate surface area is 172 Å². The number of oxime groups is 1. The summed E-state index contributed by atoms with van der Waals surface area (Å²) in [5, 5.41) is 7.98. The summed E-state index contributed by atoms with van der Waals surface area (Å²) in [5.74, 6) is 2.49. The molecule has 0 unspecified atom stereocenters. The SMILES string of the molecule is C/C=C/COc1cc(C)c(OCCCCOc2cc(/C=N/OC)nn2C)c(C)c1. The van der Waals surface area contributed by atoms with Crippen molar-refractivity contribution in [1.29, 1.82) is 0 Å². The lowest BCUT2D eigenvalue weighted by Crippen LogP contribution is -2.06. The van der Waals surface area contributed by atoms with Gasteiger partial charge in [0, 0.05) is 13.1 Å². The Hall–Kier alpha value is -2.96. The predicted octanol–water partition coefficient (Wildman–Crippen LogP) is 4.21. The largest absolute Gasteiger partial charge is 0.493 e. The number of unbranched alkanes of at least 4 members (excludes halogenated alkanes) is 1. The van der Waals surface area contributed by atoms with Crippen LogP contribution in [-0.4, -0.2) is 42.9 Å². The quantitative estimate of drug-likeness (QED) is 0.231. The van der Waals surface area contributed by atoms with E-state index in [2.05, 4.69) is 15.1 Å². The highest BCUT2D eigenvalue weighted by Gasteiger charge is 2.08. The normalized spacial score (nSPS) is 11.3. The number of hydrogen-bond acceptors (Lipinski definition) is 6. The summed E-state index contributed by atoms with van der Waals surface area (Å²) in [5.41, 5.74) is 2.85. The van der Waals surface area contributed by atoms with Crippen molar-refractivity contribution in [2.24, 2.45) is 12.2 Å². The highest BCUT2D eigenvalue weighted by Crippen LogP contribution is 2.28. The van der Waals surface area contributed by atoms with E-state index < -0.39 is 0 Å². The molecule has 158 valence electrons. The molecular weight excluding hydrogens is 370 g/mol. The van der Waals surface area contributed by atoms with Crippen molar-refractivity contribution in [3.63, 3.8) is 0 Å². The third kappa shape index (κ3) is 7.18. The Balaban J connectivity index is 1.74. The summed E-state index contributed by atoms with van der Waals surface area (Å²) in [6, 6.07) is 5.86. The number of rotatable bonds is 12. The molecule has 1 aromatic heterocycles. The van der Waals surface area contributed by atoms with Crippen LogP contribution in [0.25, 0.3) is 0 Å². The second kappa shape index (κ2) is 11.8. The summed E-state index contributed by atoms with van der Waals surface area (Å²) in [4.78, 5) is 4.66. The second-order valence-corrected chi connectivity index (χ2v) is 6.62. The van der Waals surface area contributed by atoms with E-state index in [1.54, 1.807) is 10.9 Å². The smallest absolute Gasteiger partial charge is 0.212 e. The highest BCUT2D eigenvalue weighted by atomic mass is 16.6. The van der Waals surface area contributed by atoms with Crippen molar-refractivity contribution in [1.82, 2.24) is 9.78 Å². The maximum Gasteiger partial charge on any atom is 0.212 e. The van der Waals surface area contributed by atoms with Gasteiger partial charge in [0.05, 0.1) is 19.4 Å². The lowest BCUT2D eigenvalue weighted by molar-refractivity contribution is 0.215. The molecule has 2 aromatic rings. The van der Waals surface area contributed by atoms with Crippen molar-refractivity contribution >= 4 is 6.21 Å². The standard InChI is InChI=1S/C22H31N3O4/c1-6-7-10-27-20-13-17(2)22(18(3)14-20)29-12-9-8-11-28-21-15-19(16-23-26-5)24-25(21)4/h6-7,13-16H,8-12H2,1-5H3/b7-6+,23-16+. The molecule has 1 aromatic carbocycles. The lowest BCUT2D eigenvalue weighted by Gasteiger charge is -2.14. The number of aromatic nitrogens is 2. The third-order valence-electron chi connectivity index (χ3n) is 4.20. The fraction of sp³-hybridized carbons (Fsp3) is 0.455. The molecule has 0 aliphatic rings. The van der Waals surface area contributed by atoms with Crippen LogP contribution in [0.1, 0.15) is 36.6 Å². The van der Waals surface area contributed by atoms with E-state index in [1.165, 1.54) is 7.11 Å². The molecule has 1 heterocycles. The van der Waals surface area contributed by atoms with E-state index in [1.807, 2.05) is 58.2 Å². The van der Waals surface area contributed by atoms with Crippen molar-refractivity contribution in [3.05, 3.63) is 47.2 Å². The summed E-state index contributed by atoms with van der Waals surface area (Å²) >= 11 is 0. The maximum absolute atomic E-state index is 6.00. The van der Waals surface area contributed by atoms with E-state index in [0.29, 0.717) is 31.4 Å². The minimum absolute atomic E-state index is 0.576. The first-order valence-electron chi connectivity index (χ1n) is 9.76. The number of ether oxygens (including phenoxy) is 3. The number of hydrogen-bond donors (Lipinski definition) is 0. The minimum atomic E-state index is 0.576. The first-order valence-corrected chi connectivity index (χ1v) is 9.76. The first kappa shape index (κ1) is 22.3. The van der Waals surface area contributed by atoms with Crippen molar-refractivity contribution in [2.75, 3.05) is 26.9 Å². The zero-order chi connectivity index (χ0) is 21.1. The van der Waals surface area contributed by atoms with Crippen molar-refractivity contribution in [3.8, 4) is 17.4 Å². The van der Waals surface area contributed by atoms with Gasteiger partial charge < -0.3 is 19.0 Å². The molecule has 29 heavy (non-hydrogen) atoms. The summed E-state index contributed by atoms with van der Waals surface area (Å²) in [7, 11) is 3.33. The summed E-state index contributed by atoms with van der Waals surface area (Å²) < 4.78 is 19.2. The second-order valence-electron chi connectivity index (χ2n) is 6.62.